The summed E-state index contributed by atoms with van der Waals surface area (Å²) in [5, 5.41) is 6.98. The van der Waals surface area contributed by atoms with Gasteiger partial charge in [-0.2, -0.15) is 0 Å². The van der Waals surface area contributed by atoms with Crippen LogP contribution in [0.5, 0.6) is 0 Å². The highest BCUT2D eigenvalue weighted by Crippen LogP contribution is 2.37. The molecule has 0 aliphatic heterocycles. The minimum absolute atomic E-state index is 0.837. The Bertz CT molecular complexity index is 535. The summed E-state index contributed by atoms with van der Waals surface area (Å²) in [5.74, 6) is 1.70. The summed E-state index contributed by atoms with van der Waals surface area (Å²) in [7, 11) is 0. The van der Waals surface area contributed by atoms with Crippen LogP contribution in [0.2, 0.25) is 0 Å². The van der Waals surface area contributed by atoms with Gasteiger partial charge >= 0.3 is 0 Å². The highest BCUT2D eigenvalue weighted by atomic mass is 32.1. The molecular formula is C17H22N2S. The summed E-state index contributed by atoms with van der Waals surface area (Å²) in [6.07, 6.45) is 3.92. The first-order valence-corrected chi connectivity index (χ1v) is 8.45. The summed E-state index contributed by atoms with van der Waals surface area (Å²) < 4.78 is 0. The van der Waals surface area contributed by atoms with Gasteiger partial charge < -0.3 is 5.32 Å². The maximum atomic E-state index is 4.82. The molecule has 2 atom stereocenters. The number of benzene rings is 1. The lowest BCUT2D eigenvalue weighted by Gasteiger charge is -2.36. The van der Waals surface area contributed by atoms with Crippen molar-refractivity contribution in [3.05, 3.63) is 40.7 Å². The van der Waals surface area contributed by atoms with Gasteiger partial charge in [0.05, 0.1) is 10.7 Å². The third-order valence-corrected chi connectivity index (χ3v) is 5.16. The fraction of sp³-hybridized carbons (Fsp3) is 0.471. The molecule has 3 heteroatoms. The number of hydrogen-bond donors (Lipinski definition) is 1. The molecule has 106 valence electrons. The maximum absolute atomic E-state index is 4.82. The van der Waals surface area contributed by atoms with Gasteiger partial charge in [-0.3, -0.25) is 0 Å². The molecule has 0 spiro atoms. The Hall–Kier alpha value is -1.19. The molecule has 1 saturated carbocycles. The SMILES string of the molecule is CCNCC1CCC1Cc1nc(-c2ccccc2)cs1. The molecule has 1 aliphatic carbocycles. The molecule has 0 bridgehead atoms. The van der Waals surface area contributed by atoms with Gasteiger partial charge in [-0.1, -0.05) is 37.3 Å². The highest BCUT2D eigenvalue weighted by Gasteiger charge is 2.30. The van der Waals surface area contributed by atoms with Crippen LogP contribution in [0.25, 0.3) is 11.3 Å². The number of hydrogen-bond acceptors (Lipinski definition) is 3. The van der Waals surface area contributed by atoms with Crippen molar-refractivity contribution in [1.82, 2.24) is 10.3 Å². The standard InChI is InChI=1S/C17H22N2S/c1-2-18-11-15-9-8-14(15)10-17-19-16(12-20-17)13-6-4-3-5-7-13/h3-7,12,14-15,18H,2,8-11H2,1H3. The second-order valence-corrected chi connectivity index (χ2v) is 6.54. The van der Waals surface area contributed by atoms with Gasteiger partial charge in [-0.05, 0) is 37.8 Å². The van der Waals surface area contributed by atoms with Gasteiger partial charge in [-0.25, -0.2) is 4.98 Å². The van der Waals surface area contributed by atoms with Crippen molar-refractivity contribution in [2.75, 3.05) is 13.1 Å². The van der Waals surface area contributed by atoms with E-state index in [4.69, 9.17) is 4.98 Å². The lowest BCUT2D eigenvalue weighted by molar-refractivity contribution is 0.172. The van der Waals surface area contributed by atoms with Crippen LogP contribution in [0, 0.1) is 11.8 Å². The van der Waals surface area contributed by atoms with E-state index in [0.29, 0.717) is 0 Å². The van der Waals surface area contributed by atoms with E-state index < -0.39 is 0 Å². The average molecular weight is 286 g/mol. The molecular weight excluding hydrogens is 264 g/mol. The van der Waals surface area contributed by atoms with E-state index in [9.17, 15) is 0 Å². The van der Waals surface area contributed by atoms with Crippen molar-refractivity contribution in [3.8, 4) is 11.3 Å². The highest BCUT2D eigenvalue weighted by molar-refractivity contribution is 7.09. The largest absolute Gasteiger partial charge is 0.317 e. The fourth-order valence-corrected chi connectivity index (χ4v) is 3.77. The van der Waals surface area contributed by atoms with Crippen molar-refractivity contribution in [2.24, 2.45) is 11.8 Å². The van der Waals surface area contributed by atoms with E-state index in [2.05, 4.69) is 48.0 Å². The Kier molecular flexibility index (Phi) is 4.48. The predicted molar refractivity (Wildman–Crippen MR) is 86.0 cm³/mol. The molecule has 0 radical (unpaired) electrons. The summed E-state index contributed by atoms with van der Waals surface area (Å²) in [6.45, 7) is 4.44. The molecule has 1 N–H and O–H groups in total. The molecule has 3 rings (SSSR count). The zero-order valence-corrected chi connectivity index (χ0v) is 12.8. The second-order valence-electron chi connectivity index (χ2n) is 5.60. The molecule has 2 unspecified atom stereocenters. The topological polar surface area (TPSA) is 24.9 Å². The molecule has 0 amide bonds. The van der Waals surface area contributed by atoms with Crippen molar-refractivity contribution in [1.29, 1.82) is 0 Å². The molecule has 20 heavy (non-hydrogen) atoms. The average Bonchev–Trinajstić information content (AvgIpc) is 2.94. The van der Waals surface area contributed by atoms with Gasteiger partial charge in [0.1, 0.15) is 0 Å². The van der Waals surface area contributed by atoms with E-state index in [1.54, 1.807) is 0 Å². The molecule has 1 fully saturated rings. The number of nitrogens with one attached hydrogen (secondary N) is 1. The van der Waals surface area contributed by atoms with E-state index in [-0.39, 0.29) is 0 Å². The lowest BCUT2D eigenvalue weighted by atomic mass is 9.72. The third-order valence-electron chi connectivity index (χ3n) is 4.29. The molecule has 0 saturated heterocycles. The first-order chi connectivity index (χ1) is 9.86. The summed E-state index contributed by atoms with van der Waals surface area (Å²) in [4.78, 5) is 4.82. The summed E-state index contributed by atoms with van der Waals surface area (Å²) in [6, 6.07) is 10.5. The van der Waals surface area contributed by atoms with Gasteiger partial charge in [0.2, 0.25) is 0 Å². The van der Waals surface area contributed by atoms with Gasteiger partial charge in [-0.15, -0.1) is 11.3 Å². The van der Waals surface area contributed by atoms with Crippen LogP contribution < -0.4 is 5.32 Å². The first kappa shape index (κ1) is 13.8. The van der Waals surface area contributed by atoms with Crippen LogP contribution >= 0.6 is 11.3 Å². The first-order valence-electron chi connectivity index (χ1n) is 7.57. The van der Waals surface area contributed by atoms with Crippen molar-refractivity contribution >= 4 is 11.3 Å². The normalized spacial score (nSPS) is 21.6. The fourth-order valence-electron chi connectivity index (χ4n) is 2.88. The van der Waals surface area contributed by atoms with Crippen molar-refractivity contribution in [3.63, 3.8) is 0 Å². The zero-order chi connectivity index (χ0) is 13.8. The molecule has 2 aromatic rings. The minimum Gasteiger partial charge on any atom is -0.317 e. The van der Waals surface area contributed by atoms with E-state index >= 15 is 0 Å². The van der Waals surface area contributed by atoms with E-state index in [0.717, 1.165) is 30.5 Å². The Morgan fingerprint density at radius 3 is 2.70 bits per heavy atom. The van der Waals surface area contributed by atoms with Crippen molar-refractivity contribution < 1.29 is 0 Å². The third kappa shape index (κ3) is 3.10. The maximum Gasteiger partial charge on any atom is 0.0935 e. The minimum atomic E-state index is 0.837. The molecule has 1 aromatic heterocycles. The smallest absolute Gasteiger partial charge is 0.0935 e. The Balaban J connectivity index is 1.60. The lowest BCUT2D eigenvalue weighted by Crippen LogP contribution is -2.36. The van der Waals surface area contributed by atoms with Crippen LogP contribution in [0.4, 0.5) is 0 Å². The number of rotatable bonds is 6. The molecule has 2 nitrogen and oxygen atoms in total. The second kappa shape index (κ2) is 6.51. The summed E-state index contributed by atoms with van der Waals surface area (Å²) >= 11 is 1.82. The van der Waals surface area contributed by atoms with Crippen LogP contribution in [0.1, 0.15) is 24.8 Å². The molecule has 1 aliphatic rings. The Morgan fingerprint density at radius 1 is 1.20 bits per heavy atom. The van der Waals surface area contributed by atoms with Gasteiger partial charge in [0.25, 0.3) is 0 Å². The number of thiazole rings is 1. The molecule has 1 aromatic carbocycles. The van der Waals surface area contributed by atoms with E-state index in [1.807, 2.05) is 11.3 Å². The van der Waals surface area contributed by atoms with Crippen LogP contribution in [-0.4, -0.2) is 18.1 Å². The predicted octanol–water partition coefficient (Wildman–Crippen LogP) is 3.99. The van der Waals surface area contributed by atoms with Crippen LogP contribution in [0.3, 0.4) is 0 Å². The monoisotopic (exact) mass is 286 g/mol. The van der Waals surface area contributed by atoms with Crippen molar-refractivity contribution in [2.45, 2.75) is 26.2 Å². The van der Waals surface area contributed by atoms with Gasteiger partial charge in [0.15, 0.2) is 0 Å². The van der Waals surface area contributed by atoms with Crippen LogP contribution in [0.15, 0.2) is 35.7 Å². The number of aromatic nitrogens is 1. The van der Waals surface area contributed by atoms with Gasteiger partial charge in [0, 0.05) is 17.4 Å². The Morgan fingerprint density at radius 2 is 2.00 bits per heavy atom. The molecule has 1 heterocycles. The Labute approximate surface area is 125 Å². The quantitative estimate of drug-likeness (QED) is 0.868. The zero-order valence-electron chi connectivity index (χ0n) is 12.0. The van der Waals surface area contributed by atoms with E-state index in [1.165, 1.54) is 30.0 Å². The van der Waals surface area contributed by atoms with Crippen LogP contribution in [-0.2, 0) is 6.42 Å². The summed E-state index contributed by atoms with van der Waals surface area (Å²) in [5.41, 5.74) is 2.36. The number of nitrogens with zero attached hydrogens (tertiary/aromatic N) is 1.